The topological polar surface area (TPSA) is 52.1 Å². The van der Waals surface area contributed by atoms with Crippen LogP contribution in [0.5, 0.6) is 0 Å². The first-order valence-electron chi connectivity index (χ1n) is 4.01. The molecule has 0 bridgehead atoms. The van der Waals surface area contributed by atoms with Crippen LogP contribution in [0.1, 0.15) is 12.6 Å². The van der Waals surface area contributed by atoms with Crippen molar-refractivity contribution in [2.45, 2.75) is 12.8 Å². The molecule has 1 aromatic heterocycles. The van der Waals surface area contributed by atoms with Gasteiger partial charge in [0.05, 0.1) is 19.0 Å². The lowest BCUT2D eigenvalue weighted by atomic mass is 10.2. The van der Waals surface area contributed by atoms with Gasteiger partial charge in [-0.05, 0) is 6.92 Å². The highest BCUT2D eigenvalue weighted by Gasteiger charge is 2.44. The summed E-state index contributed by atoms with van der Waals surface area (Å²) in [7, 11) is 0. The quantitative estimate of drug-likeness (QED) is 0.751. The van der Waals surface area contributed by atoms with Gasteiger partial charge in [-0.3, -0.25) is 0 Å². The molecule has 0 saturated heterocycles. The summed E-state index contributed by atoms with van der Waals surface area (Å²) in [6.45, 7) is 1.30. The van der Waals surface area contributed by atoms with Gasteiger partial charge in [0.1, 0.15) is 10.8 Å². The molecule has 0 radical (unpaired) electrons. The molecule has 1 rings (SSSR count). The van der Waals surface area contributed by atoms with E-state index in [-0.39, 0.29) is 11.8 Å². The van der Waals surface area contributed by atoms with E-state index in [1.807, 2.05) is 0 Å². The van der Waals surface area contributed by atoms with Gasteiger partial charge in [0.15, 0.2) is 0 Å². The molecular weight excluding hydrogens is 230 g/mol. The predicted octanol–water partition coefficient (Wildman–Crippen LogP) is 1.78. The lowest BCUT2D eigenvalue weighted by molar-refractivity contribution is -0.173. The molecule has 1 heterocycles. The zero-order chi connectivity index (χ0) is 11.5. The Balaban J connectivity index is 2.94. The van der Waals surface area contributed by atoms with Crippen LogP contribution in [0.3, 0.4) is 0 Å². The Hall–Kier alpha value is -1.30. The third-order valence-corrected chi connectivity index (χ3v) is 1.67. The van der Waals surface area contributed by atoms with Crippen LogP contribution in [-0.4, -0.2) is 22.5 Å². The summed E-state index contributed by atoms with van der Waals surface area (Å²) in [4.78, 5) is 17.6. The Morgan fingerprint density at radius 3 is 2.67 bits per heavy atom. The molecule has 0 amide bonds. The maximum atomic E-state index is 13.2. The van der Waals surface area contributed by atoms with E-state index >= 15 is 0 Å². The molecule has 0 atom stereocenters. The number of esters is 1. The second-order valence-electron chi connectivity index (χ2n) is 2.52. The van der Waals surface area contributed by atoms with Crippen molar-refractivity contribution in [1.82, 2.24) is 9.97 Å². The number of rotatable bonds is 3. The molecule has 0 unspecified atom stereocenters. The molecule has 7 heteroatoms. The van der Waals surface area contributed by atoms with E-state index in [2.05, 4.69) is 14.7 Å². The van der Waals surface area contributed by atoms with Crippen molar-refractivity contribution < 1.29 is 18.3 Å². The molecule has 0 aliphatic carbocycles. The van der Waals surface area contributed by atoms with Crippen LogP contribution in [0.4, 0.5) is 8.78 Å². The average Bonchev–Trinajstić information content (AvgIpc) is 2.18. The number of halogens is 3. The van der Waals surface area contributed by atoms with E-state index in [0.717, 1.165) is 12.4 Å². The molecule has 4 nitrogen and oxygen atoms in total. The van der Waals surface area contributed by atoms with Crippen molar-refractivity contribution in [3.63, 3.8) is 0 Å². The number of ether oxygens (including phenoxy) is 1. The summed E-state index contributed by atoms with van der Waals surface area (Å²) in [6.07, 6.45) is 1.67. The number of aromatic nitrogens is 2. The standard InChI is InChI=1S/C8H7ClF2N2O2/c1-2-15-7(14)8(10,11)5-3-13-6(9)4-12-5/h3-4H,2H2,1H3. The van der Waals surface area contributed by atoms with Crippen molar-refractivity contribution in [2.75, 3.05) is 6.61 Å². The van der Waals surface area contributed by atoms with Gasteiger partial charge in [-0.15, -0.1) is 0 Å². The number of nitrogens with zero attached hydrogens (tertiary/aromatic N) is 2. The van der Waals surface area contributed by atoms with Gasteiger partial charge < -0.3 is 4.74 Å². The first-order chi connectivity index (χ1) is 6.98. The summed E-state index contributed by atoms with van der Waals surface area (Å²) in [5.41, 5.74) is -0.787. The molecule has 0 saturated carbocycles. The Labute approximate surface area is 89.2 Å². The first kappa shape index (κ1) is 11.8. The molecular formula is C8H7ClF2N2O2. The van der Waals surface area contributed by atoms with Crippen LogP contribution in [0.2, 0.25) is 5.15 Å². The third-order valence-electron chi connectivity index (χ3n) is 1.47. The van der Waals surface area contributed by atoms with Crippen LogP contribution in [0, 0.1) is 0 Å². The van der Waals surface area contributed by atoms with Gasteiger partial charge in [0, 0.05) is 0 Å². The highest BCUT2D eigenvalue weighted by molar-refractivity contribution is 6.29. The van der Waals surface area contributed by atoms with E-state index in [1.54, 1.807) is 0 Å². The minimum Gasteiger partial charge on any atom is -0.461 e. The van der Waals surface area contributed by atoms with Crippen LogP contribution in [0.25, 0.3) is 0 Å². The highest BCUT2D eigenvalue weighted by Crippen LogP contribution is 2.27. The van der Waals surface area contributed by atoms with E-state index in [9.17, 15) is 13.6 Å². The second-order valence-corrected chi connectivity index (χ2v) is 2.91. The predicted molar refractivity (Wildman–Crippen MR) is 47.6 cm³/mol. The SMILES string of the molecule is CCOC(=O)C(F)(F)c1cnc(Cl)cn1. The number of alkyl halides is 2. The highest BCUT2D eigenvalue weighted by atomic mass is 35.5. The van der Waals surface area contributed by atoms with Crippen LogP contribution in [-0.2, 0) is 15.5 Å². The zero-order valence-corrected chi connectivity index (χ0v) is 8.46. The molecule has 0 spiro atoms. The normalized spacial score (nSPS) is 11.2. The summed E-state index contributed by atoms with van der Waals surface area (Å²) < 4.78 is 30.7. The molecule has 1 aromatic rings. The molecule has 15 heavy (non-hydrogen) atoms. The Bertz CT molecular complexity index is 356. The summed E-state index contributed by atoms with van der Waals surface area (Å²) in [5, 5.41) is -0.0293. The smallest absolute Gasteiger partial charge is 0.385 e. The van der Waals surface area contributed by atoms with Crippen molar-refractivity contribution in [2.24, 2.45) is 0 Å². The average molecular weight is 237 g/mol. The summed E-state index contributed by atoms with van der Waals surface area (Å²) >= 11 is 5.37. The number of carbonyl (C=O) groups excluding carboxylic acids is 1. The van der Waals surface area contributed by atoms with Crippen molar-refractivity contribution in [1.29, 1.82) is 0 Å². The fourth-order valence-corrected chi connectivity index (χ4v) is 0.898. The lowest BCUT2D eigenvalue weighted by Crippen LogP contribution is -2.29. The maximum absolute atomic E-state index is 13.2. The van der Waals surface area contributed by atoms with Gasteiger partial charge in [-0.25, -0.2) is 14.8 Å². The lowest BCUT2D eigenvalue weighted by Gasteiger charge is -2.12. The number of carbonyl (C=O) groups is 1. The number of hydrogen-bond donors (Lipinski definition) is 0. The fourth-order valence-electron chi connectivity index (χ4n) is 0.801. The van der Waals surface area contributed by atoms with Gasteiger partial charge in [-0.2, -0.15) is 8.78 Å². The fraction of sp³-hybridized carbons (Fsp3) is 0.375. The van der Waals surface area contributed by atoms with Crippen molar-refractivity contribution >= 4 is 17.6 Å². The number of hydrogen-bond acceptors (Lipinski definition) is 4. The Kier molecular flexibility index (Phi) is 3.52. The minimum atomic E-state index is -3.80. The third kappa shape index (κ3) is 2.59. The van der Waals surface area contributed by atoms with Crippen LogP contribution < -0.4 is 0 Å². The summed E-state index contributed by atoms with van der Waals surface area (Å²) in [6, 6.07) is 0. The van der Waals surface area contributed by atoms with Gasteiger partial charge >= 0.3 is 11.9 Å². The monoisotopic (exact) mass is 236 g/mol. The Morgan fingerprint density at radius 1 is 1.53 bits per heavy atom. The van der Waals surface area contributed by atoms with Crippen molar-refractivity contribution in [3.05, 3.63) is 23.2 Å². The van der Waals surface area contributed by atoms with E-state index in [4.69, 9.17) is 11.6 Å². The zero-order valence-electron chi connectivity index (χ0n) is 7.71. The molecule has 0 aliphatic heterocycles. The van der Waals surface area contributed by atoms with Gasteiger partial charge in [0.2, 0.25) is 0 Å². The van der Waals surface area contributed by atoms with E-state index < -0.39 is 17.6 Å². The minimum absolute atomic E-state index is 0.0293. The molecule has 0 aliphatic rings. The van der Waals surface area contributed by atoms with E-state index in [0.29, 0.717) is 0 Å². The second kappa shape index (κ2) is 4.48. The van der Waals surface area contributed by atoms with Crippen molar-refractivity contribution in [3.8, 4) is 0 Å². The molecule has 82 valence electrons. The van der Waals surface area contributed by atoms with Gasteiger partial charge in [0.25, 0.3) is 0 Å². The first-order valence-corrected chi connectivity index (χ1v) is 4.39. The molecule has 0 N–H and O–H groups in total. The van der Waals surface area contributed by atoms with Gasteiger partial charge in [-0.1, -0.05) is 11.6 Å². The van der Waals surface area contributed by atoms with Crippen LogP contribution in [0.15, 0.2) is 12.4 Å². The largest absolute Gasteiger partial charge is 0.461 e. The van der Waals surface area contributed by atoms with E-state index in [1.165, 1.54) is 6.92 Å². The maximum Gasteiger partial charge on any atom is 0.385 e. The van der Waals surface area contributed by atoms with Crippen LogP contribution >= 0.6 is 11.6 Å². The Morgan fingerprint density at radius 2 is 2.20 bits per heavy atom. The molecule has 0 aromatic carbocycles. The summed E-state index contributed by atoms with van der Waals surface area (Å²) in [5.74, 6) is -5.45. The molecule has 0 fully saturated rings.